The summed E-state index contributed by atoms with van der Waals surface area (Å²) in [5, 5.41) is 0. The van der Waals surface area contributed by atoms with Gasteiger partial charge in [0, 0.05) is 34.1 Å². The van der Waals surface area contributed by atoms with Gasteiger partial charge in [-0.1, -0.05) is 0 Å². The maximum Gasteiger partial charge on any atom is 2.00 e. The molecule has 0 unspecified atom stereocenters. The maximum atomic E-state index is 0. The van der Waals surface area contributed by atoms with E-state index >= 15 is 0 Å². The quantitative estimate of drug-likeness (QED) is 0.441. The third-order valence-electron chi connectivity index (χ3n) is 0. The van der Waals surface area contributed by atoms with Gasteiger partial charge in [0.15, 0.2) is 0 Å². The fraction of sp³-hybridized carbons (Fsp3) is 0. The zero-order valence-corrected chi connectivity index (χ0v) is 7.88. The summed E-state index contributed by atoms with van der Waals surface area (Å²) in [6.07, 6.45) is 0. The van der Waals surface area contributed by atoms with Gasteiger partial charge in [0.2, 0.25) is 0 Å². The Kier molecular flexibility index (Phi) is 138. The Labute approximate surface area is 82.9 Å². The first-order valence-corrected chi connectivity index (χ1v) is 0. The molecule has 0 heterocycles. The molecule has 4 heavy (non-hydrogen) atoms. The molecule has 0 nitrogen and oxygen atoms in total. The number of hydrogen-bond donors (Lipinski definition) is 0. The Balaban J connectivity index is 0. The van der Waals surface area contributed by atoms with Gasteiger partial charge in [0.05, 0.1) is 0 Å². The Morgan fingerprint density at radius 2 is 1.25 bits per heavy atom. The predicted molar refractivity (Wildman–Crippen MR) is 23.4 cm³/mol. The summed E-state index contributed by atoms with van der Waals surface area (Å²) < 4.78 is 0. The molecule has 27 valence electrons. The van der Waals surface area contributed by atoms with Gasteiger partial charge in [-0.15, -0.1) is 24.0 Å². The van der Waals surface area contributed by atoms with Crippen LogP contribution < -0.4 is 0 Å². The number of hydrogen-bond acceptors (Lipinski definition) is 0. The van der Waals surface area contributed by atoms with E-state index in [9.17, 15) is 0 Å². The largest absolute Gasteiger partial charge is 2.00 e. The maximum absolute atomic E-state index is 0. The van der Waals surface area contributed by atoms with E-state index in [0.717, 1.165) is 0 Å². The molecule has 0 amide bonds. The fourth-order valence-electron chi connectivity index (χ4n) is 0. The van der Waals surface area contributed by atoms with E-state index in [1.165, 1.54) is 0 Å². The molecule has 0 aliphatic carbocycles. The van der Waals surface area contributed by atoms with Crippen LogP contribution in [0.3, 0.4) is 0 Å². The van der Waals surface area contributed by atoms with Crippen LogP contribution >= 0.6 is 24.0 Å². The SMILES string of the molecule is I.[Fe].[H-].[H-].[Mg+2].[Mn]. The zero-order valence-electron chi connectivity index (χ0n) is 3.85. The standard InChI is InChI=1S/Fe.HI.Mg.Mn.2H/h;1H;;;;/q;;+2;;2*-1. The minimum Gasteiger partial charge on any atom is -1.00 e. The first-order chi connectivity index (χ1) is 0. The van der Waals surface area contributed by atoms with Crippen molar-refractivity contribution in [3.63, 3.8) is 0 Å². The van der Waals surface area contributed by atoms with Crippen LogP contribution in [0.15, 0.2) is 0 Å². The van der Waals surface area contributed by atoms with Gasteiger partial charge in [0.25, 0.3) is 0 Å². The molecule has 0 N–H and O–H groups in total. The molecule has 0 aliphatic heterocycles. The number of halogens is 1. The average molecular weight is 265 g/mol. The summed E-state index contributed by atoms with van der Waals surface area (Å²) in [5.41, 5.74) is 0. The van der Waals surface area contributed by atoms with Crippen molar-refractivity contribution in [3.8, 4) is 0 Å². The molecule has 4 heteroatoms. The first kappa shape index (κ1) is 31.2. The molecule has 0 aromatic carbocycles. The van der Waals surface area contributed by atoms with E-state index in [-0.39, 0.29) is 84.0 Å². The van der Waals surface area contributed by atoms with Crippen molar-refractivity contribution < 1.29 is 37.0 Å². The van der Waals surface area contributed by atoms with E-state index in [1.54, 1.807) is 0 Å². The third-order valence-corrected chi connectivity index (χ3v) is 0. The van der Waals surface area contributed by atoms with Gasteiger partial charge < -0.3 is 2.85 Å². The molecule has 0 saturated carbocycles. The van der Waals surface area contributed by atoms with E-state index < -0.39 is 0 Å². The van der Waals surface area contributed by atoms with Crippen LogP contribution in [0.5, 0.6) is 0 Å². The molecule has 0 aromatic heterocycles. The second-order valence-corrected chi connectivity index (χ2v) is 0. The average Bonchev–Trinajstić information content (AvgIpc) is 0. The van der Waals surface area contributed by atoms with Gasteiger partial charge in [-0.3, -0.25) is 0 Å². The summed E-state index contributed by atoms with van der Waals surface area (Å²) in [6, 6.07) is 0. The fourth-order valence-corrected chi connectivity index (χ4v) is 0. The predicted octanol–water partition coefficient (Wildman–Crippen LogP) is 0.457. The van der Waals surface area contributed by atoms with Crippen LogP contribution in [0.25, 0.3) is 0 Å². The molecule has 0 aliphatic rings. The van der Waals surface area contributed by atoms with E-state index in [2.05, 4.69) is 0 Å². The summed E-state index contributed by atoms with van der Waals surface area (Å²) in [4.78, 5) is 0. The molecular formula is H3FeIMgMn. The van der Waals surface area contributed by atoms with Crippen molar-refractivity contribution in [2.45, 2.75) is 0 Å². The molecule has 0 aromatic rings. The van der Waals surface area contributed by atoms with Gasteiger partial charge in [-0.25, -0.2) is 0 Å². The third kappa shape index (κ3) is 8.82. The molecular weight excluding hydrogens is 262 g/mol. The molecule has 0 saturated heterocycles. The molecule has 1 radical (unpaired) electrons. The van der Waals surface area contributed by atoms with E-state index in [0.29, 0.717) is 0 Å². The smallest absolute Gasteiger partial charge is 1.00 e. The first-order valence-electron chi connectivity index (χ1n) is 0. The van der Waals surface area contributed by atoms with Gasteiger partial charge in [-0.2, -0.15) is 0 Å². The molecule has 0 atom stereocenters. The molecule has 0 bridgehead atoms. The second kappa shape index (κ2) is 17.7. The Morgan fingerprint density at radius 3 is 1.25 bits per heavy atom. The van der Waals surface area contributed by atoms with Crippen molar-refractivity contribution in [2.24, 2.45) is 0 Å². The van der Waals surface area contributed by atoms with E-state index in [4.69, 9.17) is 0 Å². The van der Waals surface area contributed by atoms with Crippen LogP contribution in [-0.2, 0) is 34.1 Å². The Hall–Kier alpha value is 2.54. The van der Waals surface area contributed by atoms with Crippen LogP contribution in [0.2, 0.25) is 0 Å². The Bertz CT molecular complexity index is 13.5. The minimum atomic E-state index is 0. The van der Waals surface area contributed by atoms with Crippen molar-refractivity contribution in [1.29, 1.82) is 0 Å². The summed E-state index contributed by atoms with van der Waals surface area (Å²) >= 11 is 0. The summed E-state index contributed by atoms with van der Waals surface area (Å²) in [7, 11) is 0. The summed E-state index contributed by atoms with van der Waals surface area (Å²) in [6.45, 7) is 0. The van der Waals surface area contributed by atoms with Crippen molar-refractivity contribution in [1.82, 2.24) is 0 Å². The van der Waals surface area contributed by atoms with Gasteiger partial charge >= 0.3 is 23.1 Å². The second-order valence-electron chi connectivity index (χ2n) is 0. The van der Waals surface area contributed by atoms with Crippen LogP contribution in [0.4, 0.5) is 0 Å². The topological polar surface area (TPSA) is 0 Å². The monoisotopic (exact) mass is 265 g/mol. The molecule has 0 rings (SSSR count). The normalized spacial score (nSPS) is 0. The van der Waals surface area contributed by atoms with Crippen LogP contribution in [-0.4, -0.2) is 23.1 Å². The summed E-state index contributed by atoms with van der Waals surface area (Å²) in [5.74, 6) is 0. The molecule has 0 spiro atoms. The van der Waals surface area contributed by atoms with Crippen molar-refractivity contribution in [3.05, 3.63) is 0 Å². The van der Waals surface area contributed by atoms with E-state index in [1.807, 2.05) is 0 Å². The minimum absolute atomic E-state index is 0. The van der Waals surface area contributed by atoms with Crippen LogP contribution in [0.1, 0.15) is 2.85 Å². The van der Waals surface area contributed by atoms with Crippen molar-refractivity contribution in [2.75, 3.05) is 0 Å². The van der Waals surface area contributed by atoms with Crippen molar-refractivity contribution >= 4 is 47.0 Å². The number of rotatable bonds is 0. The zero-order chi connectivity index (χ0) is 0. The Morgan fingerprint density at radius 1 is 1.25 bits per heavy atom. The molecule has 0 fully saturated rings. The van der Waals surface area contributed by atoms with Gasteiger partial charge in [-0.05, 0) is 0 Å². The van der Waals surface area contributed by atoms with Crippen LogP contribution in [0, 0.1) is 0 Å². The van der Waals surface area contributed by atoms with Gasteiger partial charge in [0.1, 0.15) is 0 Å².